The van der Waals surface area contributed by atoms with E-state index in [1.807, 2.05) is 13.0 Å². The van der Waals surface area contributed by atoms with Gasteiger partial charge in [-0.2, -0.15) is 13.2 Å². The van der Waals surface area contributed by atoms with Crippen LogP contribution in [0.5, 0.6) is 5.75 Å². The molecule has 0 unspecified atom stereocenters. The fourth-order valence-electron chi connectivity index (χ4n) is 2.54. The number of alkyl halides is 3. The van der Waals surface area contributed by atoms with Crippen molar-refractivity contribution < 1.29 is 27.1 Å². The Morgan fingerprint density at radius 2 is 1.93 bits per heavy atom. The van der Waals surface area contributed by atoms with Crippen molar-refractivity contribution in [3.63, 3.8) is 0 Å². The summed E-state index contributed by atoms with van der Waals surface area (Å²) in [5.74, 6) is -0.337. The maximum Gasteiger partial charge on any atom is 0.417 e. The number of carbonyl (C=O) groups excluding carboxylic acids is 1. The van der Waals surface area contributed by atoms with E-state index in [1.54, 1.807) is 18.2 Å². The number of hydrogen-bond donors (Lipinski definition) is 1. The van der Waals surface area contributed by atoms with Gasteiger partial charge in [0.2, 0.25) is 0 Å². The number of amides is 1. The van der Waals surface area contributed by atoms with Crippen LogP contribution in [0.3, 0.4) is 0 Å². The lowest BCUT2D eigenvalue weighted by atomic mass is 10.1. The van der Waals surface area contributed by atoms with Crippen LogP contribution in [0, 0.1) is 6.92 Å². The van der Waals surface area contributed by atoms with Gasteiger partial charge in [-0.25, -0.2) is 4.79 Å². The molecule has 0 radical (unpaired) electrons. The Morgan fingerprint density at radius 3 is 2.63 bits per heavy atom. The third kappa shape index (κ3) is 4.46. The highest BCUT2D eigenvalue weighted by molar-refractivity contribution is 5.92. The average molecular weight is 377 g/mol. The molecule has 5 nitrogen and oxygen atoms in total. The van der Waals surface area contributed by atoms with Crippen LogP contribution in [0.15, 0.2) is 57.7 Å². The predicted molar refractivity (Wildman–Crippen MR) is 92.8 cm³/mol. The Bertz CT molecular complexity index is 1060. The van der Waals surface area contributed by atoms with E-state index >= 15 is 0 Å². The Morgan fingerprint density at radius 1 is 1.15 bits per heavy atom. The van der Waals surface area contributed by atoms with E-state index in [1.165, 1.54) is 6.07 Å². The standard InChI is InChI=1S/C19H14F3NO4/c1-11-3-2-4-12(7-11)23-17(24)10-26-13-5-6-14-15(19(20,21)22)9-18(25)27-16(14)8-13/h2-9H,10H2,1H3,(H,23,24). The molecule has 3 rings (SSSR count). The van der Waals surface area contributed by atoms with Gasteiger partial charge in [0, 0.05) is 23.2 Å². The van der Waals surface area contributed by atoms with Crippen molar-refractivity contribution in [3.05, 3.63) is 70.1 Å². The fourth-order valence-corrected chi connectivity index (χ4v) is 2.54. The highest BCUT2D eigenvalue weighted by Gasteiger charge is 2.33. The van der Waals surface area contributed by atoms with E-state index in [-0.39, 0.29) is 23.3 Å². The molecule has 0 aliphatic carbocycles. The Hall–Kier alpha value is -3.29. The summed E-state index contributed by atoms with van der Waals surface area (Å²) in [6.07, 6.45) is -4.69. The topological polar surface area (TPSA) is 68.5 Å². The van der Waals surface area contributed by atoms with Crippen LogP contribution < -0.4 is 15.7 Å². The Balaban J connectivity index is 1.76. The normalized spacial score (nSPS) is 11.4. The van der Waals surface area contributed by atoms with Gasteiger partial charge in [-0.05, 0) is 36.8 Å². The Labute approximate surface area is 151 Å². The van der Waals surface area contributed by atoms with Crippen molar-refractivity contribution in [2.75, 3.05) is 11.9 Å². The summed E-state index contributed by atoms with van der Waals surface area (Å²) in [5, 5.41) is 2.38. The molecule has 0 fully saturated rings. The van der Waals surface area contributed by atoms with Crippen LogP contribution in [0.2, 0.25) is 0 Å². The van der Waals surface area contributed by atoms with Crippen LogP contribution in [0.25, 0.3) is 11.0 Å². The summed E-state index contributed by atoms with van der Waals surface area (Å²) in [7, 11) is 0. The average Bonchev–Trinajstić information content (AvgIpc) is 2.58. The fraction of sp³-hybridized carbons (Fsp3) is 0.158. The monoisotopic (exact) mass is 377 g/mol. The first kappa shape index (κ1) is 18.5. The van der Waals surface area contributed by atoms with Gasteiger partial charge in [0.25, 0.3) is 5.91 Å². The number of rotatable bonds is 4. The van der Waals surface area contributed by atoms with E-state index < -0.39 is 23.3 Å². The number of nitrogens with one attached hydrogen (secondary N) is 1. The minimum atomic E-state index is -4.69. The SMILES string of the molecule is Cc1cccc(NC(=O)COc2ccc3c(C(F)(F)F)cc(=O)oc3c2)c1. The minimum Gasteiger partial charge on any atom is -0.484 e. The molecule has 1 N–H and O–H groups in total. The van der Waals surface area contributed by atoms with E-state index in [4.69, 9.17) is 9.15 Å². The Kier molecular flexibility index (Phi) is 4.89. The van der Waals surface area contributed by atoms with Crippen LogP contribution in [-0.4, -0.2) is 12.5 Å². The molecule has 0 saturated carbocycles. The molecule has 0 atom stereocenters. The van der Waals surface area contributed by atoms with Gasteiger partial charge in [-0.1, -0.05) is 12.1 Å². The van der Waals surface area contributed by atoms with E-state index in [2.05, 4.69) is 5.32 Å². The van der Waals surface area contributed by atoms with Gasteiger partial charge < -0.3 is 14.5 Å². The molecule has 27 heavy (non-hydrogen) atoms. The molecule has 140 valence electrons. The van der Waals surface area contributed by atoms with E-state index in [0.717, 1.165) is 17.7 Å². The molecule has 1 aromatic heterocycles. The molecular weight excluding hydrogens is 363 g/mol. The summed E-state index contributed by atoms with van der Waals surface area (Å²) in [6.45, 7) is 1.52. The van der Waals surface area contributed by atoms with Gasteiger partial charge >= 0.3 is 11.8 Å². The van der Waals surface area contributed by atoms with Gasteiger partial charge in [0.15, 0.2) is 6.61 Å². The lowest BCUT2D eigenvalue weighted by Crippen LogP contribution is -2.20. The third-order valence-electron chi connectivity index (χ3n) is 3.69. The minimum absolute atomic E-state index is 0.101. The van der Waals surface area contributed by atoms with Crippen molar-refractivity contribution >= 4 is 22.6 Å². The molecular formula is C19H14F3NO4. The van der Waals surface area contributed by atoms with Crippen molar-refractivity contribution in [2.24, 2.45) is 0 Å². The summed E-state index contributed by atoms with van der Waals surface area (Å²) in [5.41, 5.74) is -0.908. The van der Waals surface area contributed by atoms with Crippen LogP contribution in [0.1, 0.15) is 11.1 Å². The largest absolute Gasteiger partial charge is 0.484 e. The second kappa shape index (κ2) is 7.14. The highest BCUT2D eigenvalue weighted by Crippen LogP contribution is 2.34. The second-order valence-corrected chi connectivity index (χ2v) is 5.84. The first-order chi connectivity index (χ1) is 12.7. The molecule has 0 spiro atoms. The number of aryl methyl sites for hydroxylation is 1. The van der Waals surface area contributed by atoms with Gasteiger partial charge in [0.1, 0.15) is 11.3 Å². The molecule has 3 aromatic rings. The lowest BCUT2D eigenvalue weighted by Gasteiger charge is -2.11. The van der Waals surface area contributed by atoms with Crippen molar-refractivity contribution in [1.82, 2.24) is 0 Å². The zero-order chi connectivity index (χ0) is 19.6. The molecule has 0 aliphatic rings. The zero-order valence-corrected chi connectivity index (χ0v) is 14.1. The zero-order valence-electron chi connectivity index (χ0n) is 14.1. The molecule has 0 saturated heterocycles. The van der Waals surface area contributed by atoms with Crippen LogP contribution >= 0.6 is 0 Å². The van der Waals surface area contributed by atoms with Gasteiger partial charge in [0.05, 0.1) is 5.56 Å². The summed E-state index contributed by atoms with van der Waals surface area (Å²) in [4.78, 5) is 23.3. The lowest BCUT2D eigenvalue weighted by molar-refractivity contribution is -0.136. The van der Waals surface area contributed by atoms with E-state index in [9.17, 15) is 22.8 Å². The first-order valence-corrected chi connectivity index (χ1v) is 7.87. The number of hydrogen-bond acceptors (Lipinski definition) is 4. The number of halogens is 3. The molecule has 2 aromatic carbocycles. The third-order valence-corrected chi connectivity index (χ3v) is 3.69. The maximum atomic E-state index is 13.0. The second-order valence-electron chi connectivity index (χ2n) is 5.84. The van der Waals surface area contributed by atoms with Gasteiger partial charge in [-0.3, -0.25) is 4.79 Å². The number of anilines is 1. The number of benzene rings is 2. The summed E-state index contributed by atoms with van der Waals surface area (Å²) in [6, 6.07) is 11.1. The maximum absolute atomic E-state index is 13.0. The summed E-state index contributed by atoms with van der Waals surface area (Å²) >= 11 is 0. The van der Waals surface area contributed by atoms with Crippen molar-refractivity contribution in [2.45, 2.75) is 13.1 Å². The van der Waals surface area contributed by atoms with Crippen molar-refractivity contribution in [1.29, 1.82) is 0 Å². The number of carbonyl (C=O) groups is 1. The van der Waals surface area contributed by atoms with Crippen LogP contribution in [-0.2, 0) is 11.0 Å². The number of ether oxygens (including phenoxy) is 1. The molecule has 8 heteroatoms. The van der Waals surface area contributed by atoms with E-state index in [0.29, 0.717) is 11.8 Å². The summed E-state index contributed by atoms with van der Waals surface area (Å²) < 4.78 is 49.2. The van der Waals surface area contributed by atoms with Crippen LogP contribution in [0.4, 0.5) is 18.9 Å². The van der Waals surface area contributed by atoms with Gasteiger partial charge in [-0.15, -0.1) is 0 Å². The highest BCUT2D eigenvalue weighted by atomic mass is 19.4. The smallest absolute Gasteiger partial charge is 0.417 e. The first-order valence-electron chi connectivity index (χ1n) is 7.87. The molecule has 0 bridgehead atoms. The van der Waals surface area contributed by atoms with Crippen molar-refractivity contribution in [3.8, 4) is 5.75 Å². The number of fused-ring (bicyclic) bond motifs is 1. The predicted octanol–water partition coefficient (Wildman–Crippen LogP) is 4.14. The quantitative estimate of drug-likeness (QED) is 0.694. The molecule has 1 amide bonds. The molecule has 0 aliphatic heterocycles. The molecule has 1 heterocycles.